The molecule has 1 aromatic carbocycles. The van der Waals surface area contributed by atoms with Crippen LogP contribution in [0.25, 0.3) is 0 Å². The summed E-state index contributed by atoms with van der Waals surface area (Å²) >= 11 is 1.54. The van der Waals surface area contributed by atoms with Gasteiger partial charge < -0.3 is 19.7 Å². The summed E-state index contributed by atoms with van der Waals surface area (Å²) in [4.78, 5) is 12.9. The molecule has 0 aliphatic carbocycles. The molecule has 1 amide bonds. The third-order valence-corrected chi connectivity index (χ3v) is 4.07. The predicted octanol–water partition coefficient (Wildman–Crippen LogP) is 3.78. The highest BCUT2D eigenvalue weighted by molar-refractivity contribution is 7.97. The lowest BCUT2D eigenvalue weighted by molar-refractivity contribution is -0.115. The third-order valence-electron chi connectivity index (χ3n) is 3.43. The Kier molecular flexibility index (Phi) is 8.26. The van der Waals surface area contributed by atoms with Gasteiger partial charge in [0.1, 0.15) is 17.3 Å². The van der Waals surface area contributed by atoms with E-state index in [0.29, 0.717) is 11.6 Å². The van der Waals surface area contributed by atoms with E-state index in [1.807, 2.05) is 32.1 Å². The van der Waals surface area contributed by atoms with Gasteiger partial charge in [-0.15, -0.1) is 0 Å². The van der Waals surface area contributed by atoms with E-state index in [1.54, 1.807) is 14.2 Å². The molecule has 0 saturated carbocycles. The number of hydrogen-bond donors (Lipinski definition) is 2. The van der Waals surface area contributed by atoms with Gasteiger partial charge in [-0.2, -0.15) is 0 Å². The van der Waals surface area contributed by atoms with E-state index in [2.05, 4.69) is 30.0 Å². The fraction of sp³-hybridized carbons (Fsp3) is 0.389. The number of benzene rings is 1. The number of methoxy groups -OCH3 is 1. The molecule has 5 nitrogen and oxygen atoms in total. The Morgan fingerprint density at radius 1 is 1.38 bits per heavy atom. The standard InChI is InChI=1S/C18H27N3O2S/c1-7-16(23-6)17(20-24-8-2)18(21(5)12-22)19-15-10-9-13(3)11-14(15)4/h7,9-12,19-20H,8H2,1-6H3/b16-7+,18-17+. The fourth-order valence-corrected chi connectivity index (χ4v) is 2.67. The van der Waals surface area contributed by atoms with Gasteiger partial charge in [-0.1, -0.05) is 36.6 Å². The number of ether oxygens (including phenoxy) is 1. The van der Waals surface area contributed by atoms with Crippen molar-refractivity contribution in [3.63, 3.8) is 0 Å². The lowest BCUT2D eigenvalue weighted by atomic mass is 10.1. The zero-order valence-electron chi connectivity index (χ0n) is 15.3. The molecule has 132 valence electrons. The minimum atomic E-state index is 0.632. The molecule has 0 aliphatic rings. The zero-order chi connectivity index (χ0) is 18.1. The van der Waals surface area contributed by atoms with Crippen LogP contribution in [-0.4, -0.2) is 31.2 Å². The van der Waals surface area contributed by atoms with Crippen molar-refractivity contribution in [1.29, 1.82) is 0 Å². The summed E-state index contributed by atoms with van der Waals surface area (Å²) in [5, 5.41) is 3.36. The van der Waals surface area contributed by atoms with E-state index < -0.39 is 0 Å². The summed E-state index contributed by atoms with van der Waals surface area (Å²) in [5.74, 6) is 2.18. The van der Waals surface area contributed by atoms with Gasteiger partial charge in [0.15, 0.2) is 0 Å². The number of allylic oxidation sites excluding steroid dienone is 1. The Bertz CT molecular complexity index is 627. The number of hydrogen-bond acceptors (Lipinski definition) is 5. The summed E-state index contributed by atoms with van der Waals surface area (Å²) in [6.07, 6.45) is 2.63. The Morgan fingerprint density at radius 3 is 2.58 bits per heavy atom. The van der Waals surface area contributed by atoms with E-state index in [4.69, 9.17) is 4.74 Å². The smallest absolute Gasteiger partial charge is 0.215 e. The lowest BCUT2D eigenvalue weighted by Crippen LogP contribution is -2.28. The summed E-state index contributed by atoms with van der Waals surface area (Å²) in [5.41, 5.74) is 3.96. The van der Waals surface area contributed by atoms with Crippen molar-refractivity contribution >= 4 is 24.0 Å². The van der Waals surface area contributed by atoms with Crippen LogP contribution in [0.2, 0.25) is 0 Å². The molecule has 0 unspecified atom stereocenters. The van der Waals surface area contributed by atoms with E-state index in [9.17, 15) is 4.79 Å². The van der Waals surface area contributed by atoms with Gasteiger partial charge in [0.05, 0.1) is 7.11 Å². The Balaban J connectivity index is 3.40. The quantitative estimate of drug-likeness (QED) is 0.307. The van der Waals surface area contributed by atoms with Crippen LogP contribution in [0.4, 0.5) is 5.69 Å². The van der Waals surface area contributed by atoms with Crippen molar-refractivity contribution < 1.29 is 9.53 Å². The highest BCUT2D eigenvalue weighted by Gasteiger charge is 2.17. The van der Waals surface area contributed by atoms with Gasteiger partial charge in [-0.05, 0) is 38.5 Å². The number of rotatable bonds is 9. The number of anilines is 1. The molecule has 1 rings (SSSR count). The maximum atomic E-state index is 11.4. The maximum Gasteiger partial charge on any atom is 0.215 e. The number of carbonyl (C=O) groups is 1. The van der Waals surface area contributed by atoms with Crippen LogP contribution in [-0.2, 0) is 9.53 Å². The molecule has 0 radical (unpaired) electrons. The first-order chi connectivity index (χ1) is 11.5. The highest BCUT2D eigenvalue weighted by atomic mass is 32.2. The minimum absolute atomic E-state index is 0.632. The molecule has 0 saturated heterocycles. The topological polar surface area (TPSA) is 53.6 Å². The van der Waals surface area contributed by atoms with Crippen molar-refractivity contribution in [2.24, 2.45) is 0 Å². The van der Waals surface area contributed by atoms with Gasteiger partial charge in [-0.25, -0.2) is 0 Å². The van der Waals surface area contributed by atoms with E-state index in [-0.39, 0.29) is 0 Å². The van der Waals surface area contributed by atoms with Crippen LogP contribution in [0.1, 0.15) is 25.0 Å². The van der Waals surface area contributed by atoms with E-state index in [0.717, 1.165) is 29.1 Å². The SMILES string of the molecule is C/C=C(OC)\C(NSCC)=C(\Nc1ccc(C)cc1C)N(C)C=O. The summed E-state index contributed by atoms with van der Waals surface area (Å²) in [7, 11) is 3.32. The average Bonchev–Trinajstić information content (AvgIpc) is 2.58. The van der Waals surface area contributed by atoms with Crippen molar-refractivity contribution in [2.75, 3.05) is 25.2 Å². The largest absolute Gasteiger partial charge is 0.495 e. The number of amides is 1. The first-order valence-electron chi connectivity index (χ1n) is 7.83. The Morgan fingerprint density at radius 2 is 2.08 bits per heavy atom. The van der Waals surface area contributed by atoms with Crippen LogP contribution in [0.15, 0.2) is 41.6 Å². The first kappa shape index (κ1) is 20.0. The van der Waals surface area contributed by atoms with E-state index in [1.165, 1.54) is 22.4 Å². The van der Waals surface area contributed by atoms with Crippen molar-refractivity contribution in [2.45, 2.75) is 27.7 Å². The lowest BCUT2D eigenvalue weighted by Gasteiger charge is -2.24. The van der Waals surface area contributed by atoms with Gasteiger partial charge in [0, 0.05) is 18.5 Å². The van der Waals surface area contributed by atoms with Gasteiger partial charge >= 0.3 is 0 Å². The number of nitrogens with zero attached hydrogens (tertiary/aromatic N) is 1. The fourth-order valence-electron chi connectivity index (χ4n) is 2.19. The Labute approximate surface area is 149 Å². The molecule has 0 bridgehead atoms. The van der Waals surface area contributed by atoms with Crippen LogP contribution >= 0.6 is 11.9 Å². The minimum Gasteiger partial charge on any atom is -0.495 e. The number of carbonyl (C=O) groups excluding carboxylic acids is 1. The predicted molar refractivity (Wildman–Crippen MR) is 102 cm³/mol. The molecule has 1 aromatic rings. The number of aryl methyl sites for hydroxylation is 2. The molecule has 0 spiro atoms. The van der Waals surface area contributed by atoms with Gasteiger partial charge in [0.2, 0.25) is 6.41 Å². The van der Waals surface area contributed by atoms with Crippen LogP contribution in [0.3, 0.4) is 0 Å². The average molecular weight is 350 g/mol. The summed E-state index contributed by atoms with van der Waals surface area (Å²) in [6.45, 7) is 8.04. The third kappa shape index (κ3) is 5.23. The second-order valence-corrected chi connectivity index (χ2v) is 6.35. The monoisotopic (exact) mass is 349 g/mol. The van der Waals surface area contributed by atoms with Gasteiger partial charge in [0.25, 0.3) is 0 Å². The van der Waals surface area contributed by atoms with Crippen molar-refractivity contribution in [1.82, 2.24) is 9.62 Å². The van der Waals surface area contributed by atoms with Crippen LogP contribution in [0.5, 0.6) is 0 Å². The maximum absolute atomic E-state index is 11.4. The van der Waals surface area contributed by atoms with Gasteiger partial charge in [-0.3, -0.25) is 4.79 Å². The molecule has 24 heavy (non-hydrogen) atoms. The number of nitrogens with one attached hydrogen (secondary N) is 2. The van der Waals surface area contributed by atoms with Crippen molar-refractivity contribution in [3.05, 3.63) is 52.7 Å². The van der Waals surface area contributed by atoms with E-state index >= 15 is 0 Å². The van der Waals surface area contributed by atoms with Crippen LogP contribution in [0, 0.1) is 13.8 Å². The summed E-state index contributed by atoms with van der Waals surface area (Å²) < 4.78 is 8.74. The molecule has 0 heterocycles. The molecule has 0 fully saturated rings. The highest BCUT2D eigenvalue weighted by Crippen LogP contribution is 2.23. The normalized spacial score (nSPS) is 12.3. The Hall–Kier alpha value is -2.08. The second-order valence-electron chi connectivity index (χ2n) is 5.28. The molecular formula is C18H27N3O2S. The van der Waals surface area contributed by atoms with Crippen molar-refractivity contribution in [3.8, 4) is 0 Å². The molecule has 6 heteroatoms. The molecular weight excluding hydrogens is 322 g/mol. The second kappa shape index (κ2) is 9.93. The molecule has 0 aliphatic heterocycles. The molecule has 0 atom stereocenters. The molecule has 0 aromatic heterocycles. The molecule has 2 N–H and O–H groups in total. The zero-order valence-corrected chi connectivity index (χ0v) is 16.1. The van der Waals surface area contributed by atoms with Crippen LogP contribution < -0.4 is 10.0 Å². The summed E-state index contributed by atoms with van der Waals surface area (Å²) in [6, 6.07) is 6.15. The first-order valence-corrected chi connectivity index (χ1v) is 8.82.